The van der Waals surface area contributed by atoms with Gasteiger partial charge in [0, 0.05) is 22.5 Å². The van der Waals surface area contributed by atoms with E-state index in [1.165, 1.54) is 18.2 Å². The molecular formula is C21H18ClN3O6S2. The number of rotatable bonds is 8. The quantitative estimate of drug-likeness (QED) is 0.234. The molecule has 0 unspecified atom stereocenters. The van der Waals surface area contributed by atoms with Crippen molar-refractivity contribution >= 4 is 69.6 Å². The Morgan fingerprint density at radius 2 is 2.06 bits per heavy atom. The largest absolute Gasteiger partial charge is 0.396 e. The highest BCUT2D eigenvalue weighted by molar-refractivity contribution is 8.18. The number of aliphatic hydroxyl groups is 1. The monoisotopic (exact) mass is 507 g/mol. The summed E-state index contributed by atoms with van der Waals surface area (Å²) in [6.07, 6.45) is 1.37. The van der Waals surface area contributed by atoms with Gasteiger partial charge in [-0.2, -0.15) is 0 Å². The van der Waals surface area contributed by atoms with Crippen molar-refractivity contribution in [1.82, 2.24) is 4.90 Å². The second-order valence-corrected chi connectivity index (χ2v) is 9.37. The highest BCUT2D eigenvalue weighted by Crippen LogP contribution is 2.35. The Balaban J connectivity index is 1.73. The molecule has 1 saturated heterocycles. The molecule has 12 heteroatoms. The van der Waals surface area contributed by atoms with E-state index in [2.05, 4.69) is 5.32 Å². The van der Waals surface area contributed by atoms with Crippen molar-refractivity contribution in [2.24, 2.45) is 0 Å². The molecule has 0 aliphatic carbocycles. The SMILES string of the molecule is Cc1ccc(NC(=O)CN2C(=O)SC(=Cc3ccc(SCCO)c([N+](=O)[O-])c3)C2=O)cc1Cl. The van der Waals surface area contributed by atoms with Gasteiger partial charge in [-0.15, -0.1) is 11.8 Å². The van der Waals surface area contributed by atoms with Gasteiger partial charge in [-0.25, -0.2) is 0 Å². The number of nitrogens with one attached hydrogen (secondary N) is 1. The van der Waals surface area contributed by atoms with E-state index in [-0.39, 0.29) is 17.2 Å². The highest BCUT2D eigenvalue weighted by atomic mass is 35.5. The predicted molar refractivity (Wildman–Crippen MR) is 128 cm³/mol. The smallest absolute Gasteiger partial charge is 0.294 e. The molecule has 1 aliphatic rings. The Kier molecular flexibility index (Phi) is 8.14. The van der Waals surface area contributed by atoms with Gasteiger partial charge >= 0.3 is 0 Å². The number of benzene rings is 2. The van der Waals surface area contributed by atoms with Crippen LogP contribution in [0.1, 0.15) is 11.1 Å². The molecule has 0 spiro atoms. The number of nitro groups is 1. The Morgan fingerprint density at radius 3 is 2.73 bits per heavy atom. The number of nitrogens with zero attached hydrogens (tertiary/aromatic N) is 2. The first kappa shape index (κ1) is 24.8. The van der Waals surface area contributed by atoms with Gasteiger partial charge in [0.1, 0.15) is 6.54 Å². The van der Waals surface area contributed by atoms with E-state index < -0.39 is 28.5 Å². The van der Waals surface area contributed by atoms with Crippen LogP contribution >= 0.6 is 35.1 Å². The molecular weight excluding hydrogens is 490 g/mol. The summed E-state index contributed by atoms with van der Waals surface area (Å²) in [6, 6.07) is 9.35. The summed E-state index contributed by atoms with van der Waals surface area (Å²) >= 11 is 7.83. The van der Waals surface area contributed by atoms with E-state index >= 15 is 0 Å². The standard InChI is InChI=1S/C21H18ClN3O6S2/c1-12-2-4-14(10-15(12)22)23-19(27)11-24-20(28)18(33-21(24)29)9-13-3-5-17(32-7-6-26)16(8-13)25(30)31/h2-5,8-10,26H,6-7,11H2,1H3,(H,23,27). The third-order valence-electron chi connectivity index (χ3n) is 4.46. The maximum absolute atomic E-state index is 12.7. The molecule has 1 heterocycles. The average Bonchev–Trinajstić information content (AvgIpc) is 3.02. The zero-order chi connectivity index (χ0) is 24.1. The number of hydrogen-bond acceptors (Lipinski definition) is 8. The number of aliphatic hydroxyl groups excluding tert-OH is 1. The number of hydrogen-bond donors (Lipinski definition) is 2. The summed E-state index contributed by atoms with van der Waals surface area (Å²) in [7, 11) is 0. The first-order valence-corrected chi connectivity index (χ1v) is 11.7. The van der Waals surface area contributed by atoms with Crippen LogP contribution in [-0.4, -0.2) is 50.9 Å². The summed E-state index contributed by atoms with van der Waals surface area (Å²) in [6.45, 7) is 1.21. The summed E-state index contributed by atoms with van der Waals surface area (Å²) < 4.78 is 0. The molecule has 0 saturated carbocycles. The molecule has 0 atom stereocenters. The van der Waals surface area contributed by atoms with E-state index in [4.69, 9.17) is 16.7 Å². The molecule has 2 aromatic carbocycles. The summed E-state index contributed by atoms with van der Waals surface area (Å²) in [5.74, 6) is -0.932. The average molecular weight is 508 g/mol. The maximum atomic E-state index is 12.7. The number of carbonyl (C=O) groups excluding carboxylic acids is 3. The van der Waals surface area contributed by atoms with Crippen LogP contribution in [0.25, 0.3) is 6.08 Å². The number of imide groups is 1. The minimum absolute atomic E-state index is 0.0521. The molecule has 0 bridgehead atoms. The highest BCUT2D eigenvalue weighted by Gasteiger charge is 2.36. The molecule has 33 heavy (non-hydrogen) atoms. The van der Waals surface area contributed by atoms with E-state index in [1.54, 1.807) is 24.3 Å². The Hall–Kier alpha value is -2.86. The molecule has 3 amide bonds. The molecule has 0 radical (unpaired) electrons. The van der Waals surface area contributed by atoms with Crippen molar-refractivity contribution in [2.75, 3.05) is 24.2 Å². The van der Waals surface area contributed by atoms with Crippen molar-refractivity contribution in [3.05, 3.63) is 67.6 Å². The normalized spacial score (nSPS) is 14.8. The van der Waals surface area contributed by atoms with Crippen LogP contribution in [0, 0.1) is 17.0 Å². The third-order valence-corrected chi connectivity index (χ3v) is 6.81. The second kappa shape index (κ2) is 10.8. The maximum Gasteiger partial charge on any atom is 0.294 e. The number of anilines is 1. The van der Waals surface area contributed by atoms with Crippen LogP contribution in [0.4, 0.5) is 16.2 Å². The van der Waals surface area contributed by atoms with Crippen molar-refractivity contribution in [2.45, 2.75) is 11.8 Å². The van der Waals surface area contributed by atoms with Crippen molar-refractivity contribution in [1.29, 1.82) is 0 Å². The fourth-order valence-corrected chi connectivity index (χ4v) is 4.62. The lowest BCUT2D eigenvalue weighted by Gasteiger charge is -2.13. The van der Waals surface area contributed by atoms with Crippen molar-refractivity contribution in [3.8, 4) is 0 Å². The lowest BCUT2D eigenvalue weighted by molar-refractivity contribution is -0.387. The van der Waals surface area contributed by atoms with Crippen LogP contribution in [0.5, 0.6) is 0 Å². The van der Waals surface area contributed by atoms with Crippen LogP contribution in [0.15, 0.2) is 46.2 Å². The van der Waals surface area contributed by atoms with Gasteiger partial charge in [0.25, 0.3) is 16.8 Å². The van der Waals surface area contributed by atoms with Crippen LogP contribution in [0.2, 0.25) is 5.02 Å². The van der Waals surface area contributed by atoms with Gasteiger partial charge in [0.05, 0.1) is 21.3 Å². The number of halogens is 1. The van der Waals surface area contributed by atoms with Gasteiger partial charge < -0.3 is 10.4 Å². The van der Waals surface area contributed by atoms with Crippen molar-refractivity contribution < 1.29 is 24.4 Å². The molecule has 3 rings (SSSR count). The van der Waals surface area contributed by atoms with E-state index in [0.717, 1.165) is 22.2 Å². The van der Waals surface area contributed by atoms with Crippen molar-refractivity contribution in [3.63, 3.8) is 0 Å². The molecule has 172 valence electrons. The predicted octanol–water partition coefficient (Wildman–Crippen LogP) is 4.32. The Bertz CT molecular complexity index is 1170. The Labute approximate surface area is 202 Å². The molecule has 1 aliphatic heterocycles. The molecule has 2 N–H and O–H groups in total. The Morgan fingerprint density at radius 1 is 1.30 bits per heavy atom. The fraction of sp³-hybridized carbons (Fsp3) is 0.190. The zero-order valence-electron chi connectivity index (χ0n) is 17.2. The topological polar surface area (TPSA) is 130 Å². The number of aryl methyl sites for hydroxylation is 1. The number of nitro benzene ring substituents is 1. The van der Waals surface area contributed by atoms with Gasteiger partial charge in [0.15, 0.2) is 0 Å². The lowest BCUT2D eigenvalue weighted by Crippen LogP contribution is -2.36. The summed E-state index contributed by atoms with van der Waals surface area (Å²) in [5.41, 5.74) is 1.47. The number of amides is 3. The first-order chi connectivity index (χ1) is 15.7. The molecule has 0 aromatic heterocycles. The van der Waals surface area contributed by atoms with Gasteiger partial charge in [-0.1, -0.05) is 23.7 Å². The first-order valence-electron chi connectivity index (χ1n) is 9.53. The molecule has 9 nitrogen and oxygen atoms in total. The number of carbonyl (C=O) groups is 3. The van der Waals surface area contributed by atoms with E-state index in [0.29, 0.717) is 38.7 Å². The van der Waals surface area contributed by atoms with E-state index in [1.807, 2.05) is 6.92 Å². The summed E-state index contributed by atoms with van der Waals surface area (Å²) in [5, 5.41) is 22.8. The van der Waals surface area contributed by atoms with Gasteiger partial charge in [0.2, 0.25) is 5.91 Å². The minimum atomic E-state index is -0.663. The molecule has 2 aromatic rings. The minimum Gasteiger partial charge on any atom is -0.396 e. The van der Waals surface area contributed by atoms with Crippen LogP contribution < -0.4 is 5.32 Å². The van der Waals surface area contributed by atoms with Gasteiger partial charge in [-0.05, 0) is 54.1 Å². The fourth-order valence-electron chi connectivity index (χ4n) is 2.85. The lowest BCUT2D eigenvalue weighted by atomic mass is 10.2. The summed E-state index contributed by atoms with van der Waals surface area (Å²) in [4.78, 5) is 49.4. The third kappa shape index (κ3) is 6.14. The number of thioether (sulfide) groups is 2. The van der Waals surface area contributed by atoms with Gasteiger partial charge in [-0.3, -0.25) is 29.4 Å². The second-order valence-electron chi connectivity index (χ2n) is 6.84. The van der Waals surface area contributed by atoms with Crippen LogP contribution in [0.3, 0.4) is 0 Å². The van der Waals surface area contributed by atoms with Crippen LogP contribution in [-0.2, 0) is 9.59 Å². The molecule has 1 fully saturated rings. The van der Waals surface area contributed by atoms with E-state index in [9.17, 15) is 24.5 Å². The zero-order valence-corrected chi connectivity index (χ0v) is 19.6.